The Morgan fingerprint density at radius 1 is 1.04 bits per heavy atom. The third-order valence-corrected chi connectivity index (χ3v) is 3.77. The zero-order chi connectivity index (χ0) is 17.7. The Morgan fingerprint density at radius 2 is 1.71 bits per heavy atom. The number of benzene rings is 2. The maximum Gasteiger partial charge on any atom is 0.307 e. The summed E-state index contributed by atoms with van der Waals surface area (Å²) in [6.45, 7) is 3.93. The predicted molar refractivity (Wildman–Crippen MR) is 97.4 cm³/mol. The highest BCUT2D eigenvalue weighted by molar-refractivity contribution is 7.80. The van der Waals surface area contributed by atoms with Gasteiger partial charge in [0.05, 0.1) is 6.42 Å². The molecule has 0 aliphatic rings. The fourth-order valence-corrected chi connectivity index (χ4v) is 2.31. The first-order chi connectivity index (χ1) is 11.3. The number of nitrogens with one attached hydrogen (secondary N) is 2. The molecule has 0 saturated carbocycles. The molecule has 24 heavy (non-hydrogen) atoms. The normalized spacial score (nSPS) is 10.1. The van der Waals surface area contributed by atoms with Gasteiger partial charge in [-0.15, -0.1) is 0 Å². The summed E-state index contributed by atoms with van der Waals surface area (Å²) in [5.74, 6) is -1.16. The van der Waals surface area contributed by atoms with Gasteiger partial charge in [0.2, 0.25) is 0 Å². The van der Waals surface area contributed by atoms with Crippen LogP contribution in [0.1, 0.15) is 27.0 Å². The van der Waals surface area contributed by atoms with Gasteiger partial charge in [0.25, 0.3) is 5.91 Å². The van der Waals surface area contributed by atoms with Gasteiger partial charge in [-0.05, 0) is 67.0 Å². The second kappa shape index (κ2) is 7.70. The van der Waals surface area contributed by atoms with Gasteiger partial charge in [0, 0.05) is 11.3 Å². The summed E-state index contributed by atoms with van der Waals surface area (Å²) in [6.07, 6.45) is -0.0335. The molecule has 2 aromatic rings. The van der Waals surface area contributed by atoms with Crippen molar-refractivity contribution in [3.63, 3.8) is 0 Å². The monoisotopic (exact) mass is 342 g/mol. The number of hydrogen-bond donors (Lipinski definition) is 3. The van der Waals surface area contributed by atoms with E-state index in [1.807, 2.05) is 26.0 Å². The summed E-state index contributed by atoms with van der Waals surface area (Å²) in [4.78, 5) is 22.8. The first kappa shape index (κ1) is 17.6. The number of aryl methyl sites for hydroxylation is 2. The van der Waals surface area contributed by atoms with E-state index in [4.69, 9.17) is 17.3 Å². The largest absolute Gasteiger partial charge is 0.481 e. The number of carbonyl (C=O) groups is 2. The van der Waals surface area contributed by atoms with Crippen LogP contribution >= 0.6 is 12.2 Å². The van der Waals surface area contributed by atoms with E-state index in [1.54, 1.807) is 30.3 Å². The average Bonchev–Trinajstić information content (AvgIpc) is 2.51. The fraction of sp³-hybridized carbons (Fsp3) is 0.167. The Hall–Kier alpha value is -2.73. The van der Waals surface area contributed by atoms with E-state index in [9.17, 15) is 9.59 Å². The molecule has 3 N–H and O–H groups in total. The number of aliphatic carboxylic acids is 1. The van der Waals surface area contributed by atoms with Gasteiger partial charge in [0.15, 0.2) is 5.11 Å². The van der Waals surface area contributed by atoms with Crippen molar-refractivity contribution in [3.8, 4) is 0 Å². The molecule has 0 atom stereocenters. The van der Waals surface area contributed by atoms with Crippen molar-refractivity contribution in [2.75, 3.05) is 5.32 Å². The zero-order valence-corrected chi connectivity index (χ0v) is 14.2. The standard InChI is InChI=1S/C18H18N2O3S/c1-11-3-6-14(9-12(11)2)17(23)20-18(24)19-15-7-4-13(5-8-15)10-16(21)22/h3-9H,10H2,1-2H3,(H,21,22)(H2,19,20,23,24). The molecule has 6 heteroatoms. The van der Waals surface area contributed by atoms with Crippen LogP contribution in [0, 0.1) is 13.8 Å². The first-order valence-electron chi connectivity index (χ1n) is 7.35. The fourth-order valence-electron chi connectivity index (χ4n) is 2.10. The Kier molecular flexibility index (Phi) is 5.65. The lowest BCUT2D eigenvalue weighted by Gasteiger charge is -2.11. The molecule has 0 aliphatic carbocycles. The molecule has 0 aromatic heterocycles. The number of rotatable bonds is 4. The first-order valence-corrected chi connectivity index (χ1v) is 7.76. The minimum absolute atomic E-state index is 0.0335. The number of carbonyl (C=O) groups excluding carboxylic acids is 1. The Bertz CT molecular complexity index is 785. The van der Waals surface area contributed by atoms with Crippen molar-refractivity contribution < 1.29 is 14.7 Å². The van der Waals surface area contributed by atoms with Crippen LogP contribution in [0.4, 0.5) is 5.69 Å². The molecule has 0 heterocycles. The lowest BCUT2D eigenvalue weighted by Crippen LogP contribution is -2.34. The number of anilines is 1. The smallest absolute Gasteiger partial charge is 0.307 e. The quantitative estimate of drug-likeness (QED) is 0.744. The molecule has 0 radical (unpaired) electrons. The lowest BCUT2D eigenvalue weighted by molar-refractivity contribution is -0.136. The zero-order valence-electron chi connectivity index (χ0n) is 13.4. The number of thiocarbonyl (C=S) groups is 1. The highest BCUT2D eigenvalue weighted by Gasteiger charge is 2.09. The van der Waals surface area contributed by atoms with Crippen LogP contribution in [0.5, 0.6) is 0 Å². The van der Waals surface area contributed by atoms with E-state index in [2.05, 4.69) is 10.6 Å². The second-order valence-electron chi connectivity index (χ2n) is 5.47. The molecule has 124 valence electrons. The second-order valence-corrected chi connectivity index (χ2v) is 5.88. The molecule has 0 unspecified atom stereocenters. The lowest BCUT2D eigenvalue weighted by atomic mass is 10.1. The number of hydrogen-bond acceptors (Lipinski definition) is 3. The molecule has 2 rings (SSSR count). The summed E-state index contributed by atoms with van der Waals surface area (Å²) in [6, 6.07) is 12.3. The molecular weight excluding hydrogens is 324 g/mol. The maximum atomic E-state index is 12.2. The summed E-state index contributed by atoms with van der Waals surface area (Å²) >= 11 is 5.14. The van der Waals surface area contributed by atoms with E-state index >= 15 is 0 Å². The van der Waals surface area contributed by atoms with Crippen LogP contribution in [0.2, 0.25) is 0 Å². The molecule has 0 aliphatic heterocycles. The van der Waals surface area contributed by atoms with Crippen molar-refractivity contribution in [1.29, 1.82) is 0 Å². The number of amides is 1. The van der Waals surface area contributed by atoms with Crippen LogP contribution in [-0.2, 0) is 11.2 Å². The van der Waals surface area contributed by atoms with Crippen molar-refractivity contribution in [2.45, 2.75) is 20.3 Å². The van der Waals surface area contributed by atoms with Crippen LogP contribution < -0.4 is 10.6 Å². The van der Waals surface area contributed by atoms with Crippen molar-refractivity contribution >= 4 is 34.9 Å². The SMILES string of the molecule is Cc1ccc(C(=O)NC(=S)Nc2ccc(CC(=O)O)cc2)cc1C. The predicted octanol–water partition coefficient (Wildman–Crippen LogP) is 3.06. The highest BCUT2D eigenvalue weighted by Crippen LogP contribution is 2.11. The summed E-state index contributed by atoms with van der Waals surface area (Å²) in [5, 5.41) is 14.5. The van der Waals surface area contributed by atoms with Gasteiger partial charge in [-0.25, -0.2) is 0 Å². The van der Waals surface area contributed by atoms with E-state index < -0.39 is 5.97 Å². The minimum atomic E-state index is -0.883. The molecular formula is C18H18N2O3S. The van der Waals surface area contributed by atoms with Crippen molar-refractivity contribution in [1.82, 2.24) is 5.32 Å². The van der Waals surface area contributed by atoms with Crippen molar-refractivity contribution in [3.05, 3.63) is 64.7 Å². The van der Waals surface area contributed by atoms with Crippen LogP contribution in [-0.4, -0.2) is 22.1 Å². The third-order valence-electron chi connectivity index (χ3n) is 3.56. The van der Waals surface area contributed by atoms with Crippen LogP contribution in [0.3, 0.4) is 0 Å². The Labute approximate surface area is 145 Å². The molecule has 1 amide bonds. The van der Waals surface area contributed by atoms with Gasteiger partial charge in [-0.2, -0.15) is 0 Å². The minimum Gasteiger partial charge on any atom is -0.481 e. The van der Waals surface area contributed by atoms with E-state index in [1.165, 1.54) is 0 Å². The summed E-state index contributed by atoms with van der Waals surface area (Å²) in [7, 11) is 0. The van der Waals surface area contributed by atoms with Crippen LogP contribution in [0.25, 0.3) is 0 Å². The summed E-state index contributed by atoms with van der Waals surface area (Å²) < 4.78 is 0. The van der Waals surface area contributed by atoms with E-state index in [0.29, 0.717) is 16.8 Å². The number of carboxylic acids is 1. The number of carboxylic acid groups (broad SMARTS) is 1. The molecule has 0 spiro atoms. The molecule has 2 aromatic carbocycles. The topological polar surface area (TPSA) is 78.4 Å². The third kappa shape index (κ3) is 4.89. The van der Waals surface area contributed by atoms with E-state index in [0.717, 1.165) is 11.1 Å². The molecule has 0 bridgehead atoms. The van der Waals surface area contributed by atoms with Gasteiger partial charge >= 0.3 is 5.97 Å². The van der Waals surface area contributed by atoms with Crippen LogP contribution in [0.15, 0.2) is 42.5 Å². The Balaban J connectivity index is 1.96. The molecule has 5 nitrogen and oxygen atoms in total. The van der Waals surface area contributed by atoms with Crippen molar-refractivity contribution in [2.24, 2.45) is 0 Å². The maximum absolute atomic E-state index is 12.2. The average molecular weight is 342 g/mol. The molecule has 0 saturated heterocycles. The van der Waals surface area contributed by atoms with E-state index in [-0.39, 0.29) is 17.4 Å². The summed E-state index contributed by atoms with van der Waals surface area (Å²) in [5.41, 5.74) is 4.07. The van der Waals surface area contributed by atoms with Gasteiger partial charge in [-0.3, -0.25) is 14.9 Å². The molecule has 0 fully saturated rings. The van der Waals surface area contributed by atoms with Gasteiger partial charge in [0.1, 0.15) is 0 Å². The van der Waals surface area contributed by atoms with Gasteiger partial charge < -0.3 is 10.4 Å². The Morgan fingerprint density at radius 3 is 2.29 bits per heavy atom. The van der Waals surface area contributed by atoms with Gasteiger partial charge in [-0.1, -0.05) is 18.2 Å². The highest BCUT2D eigenvalue weighted by atomic mass is 32.1.